The van der Waals surface area contributed by atoms with Crippen molar-refractivity contribution in [3.05, 3.63) is 51.7 Å². The number of thiophene rings is 1. The van der Waals surface area contributed by atoms with Crippen LogP contribution in [0.1, 0.15) is 27.2 Å². The van der Waals surface area contributed by atoms with Crippen molar-refractivity contribution >= 4 is 38.9 Å². The summed E-state index contributed by atoms with van der Waals surface area (Å²) in [7, 11) is 0. The molecule has 0 saturated carbocycles. The molecule has 0 fully saturated rings. The number of alkyl halides is 1. The SMILES string of the molecule is Cc1ccsc1C(=O)Nc1cccc(CCCBr)c1. The first-order valence-electron chi connectivity index (χ1n) is 6.21. The molecule has 2 aromatic rings. The Labute approximate surface area is 126 Å². The van der Waals surface area contributed by atoms with Gasteiger partial charge in [-0.25, -0.2) is 0 Å². The Kier molecular flexibility index (Phi) is 5.16. The van der Waals surface area contributed by atoms with Crippen molar-refractivity contribution in [2.24, 2.45) is 0 Å². The van der Waals surface area contributed by atoms with Gasteiger partial charge in [-0.15, -0.1) is 11.3 Å². The summed E-state index contributed by atoms with van der Waals surface area (Å²) in [4.78, 5) is 12.9. The van der Waals surface area contributed by atoms with Crippen LogP contribution in [0.5, 0.6) is 0 Å². The zero-order valence-electron chi connectivity index (χ0n) is 10.8. The molecule has 1 amide bonds. The van der Waals surface area contributed by atoms with Crippen LogP contribution in [0.15, 0.2) is 35.7 Å². The maximum absolute atomic E-state index is 12.1. The van der Waals surface area contributed by atoms with Crippen molar-refractivity contribution in [2.45, 2.75) is 19.8 Å². The van der Waals surface area contributed by atoms with E-state index in [0.717, 1.165) is 34.3 Å². The molecule has 0 saturated heterocycles. The van der Waals surface area contributed by atoms with E-state index >= 15 is 0 Å². The fourth-order valence-electron chi connectivity index (χ4n) is 1.87. The van der Waals surface area contributed by atoms with Gasteiger partial charge in [-0.05, 0) is 54.5 Å². The van der Waals surface area contributed by atoms with Crippen LogP contribution in [0.4, 0.5) is 5.69 Å². The molecule has 0 radical (unpaired) electrons. The van der Waals surface area contributed by atoms with E-state index in [1.54, 1.807) is 0 Å². The van der Waals surface area contributed by atoms with Crippen LogP contribution in [0.25, 0.3) is 0 Å². The lowest BCUT2D eigenvalue weighted by molar-refractivity contribution is 0.103. The van der Waals surface area contributed by atoms with Gasteiger partial charge >= 0.3 is 0 Å². The van der Waals surface area contributed by atoms with Gasteiger partial charge < -0.3 is 5.32 Å². The molecule has 0 aliphatic heterocycles. The number of anilines is 1. The molecule has 1 aromatic heterocycles. The average Bonchev–Trinajstić information content (AvgIpc) is 2.83. The van der Waals surface area contributed by atoms with Gasteiger partial charge in [-0.1, -0.05) is 28.1 Å². The Bertz CT molecular complexity index is 565. The molecule has 19 heavy (non-hydrogen) atoms. The summed E-state index contributed by atoms with van der Waals surface area (Å²) in [6.45, 7) is 1.96. The molecule has 0 bridgehead atoms. The third kappa shape index (κ3) is 3.91. The quantitative estimate of drug-likeness (QED) is 0.791. The van der Waals surface area contributed by atoms with Crippen LogP contribution < -0.4 is 5.32 Å². The number of halogens is 1. The van der Waals surface area contributed by atoms with Gasteiger partial charge in [0.05, 0.1) is 4.88 Å². The predicted molar refractivity (Wildman–Crippen MR) is 85.6 cm³/mol. The van der Waals surface area contributed by atoms with Crippen LogP contribution in [-0.4, -0.2) is 11.2 Å². The van der Waals surface area contributed by atoms with Crippen molar-refractivity contribution in [1.82, 2.24) is 0 Å². The van der Waals surface area contributed by atoms with Gasteiger partial charge in [0.1, 0.15) is 0 Å². The highest BCUT2D eigenvalue weighted by atomic mass is 79.9. The molecular formula is C15H16BrNOS. The minimum atomic E-state index is -0.0230. The van der Waals surface area contributed by atoms with Crippen LogP contribution in [0.2, 0.25) is 0 Å². The van der Waals surface area contributed by atoms with E-state index in [0.29, 0.717) is 0 Å². The van der Waals surface area contributed by atoms with Gasteiger partial charge in [0, 0.05) is 11.0 Å². The third-order valence-corrected chi connectivity index (χ3v) is 4.43. The van der Waals surface area contributed by atoms with E-state index in [1.165, 1.54) is 16.9 Å². The summed E-state index contributed by atoms with van der Waals surface area (Å²) in [5.74, 6) is -0.0230. The van der Waals surface area contributed by atoms with Gasteiger partial charge in [0.2, 0.25) is 0 Å². The summed E-state index contributed by atoms with van der Waals surface area (Å²) in [5, 5.41) is 5.90. The Hall–Kier alpha value is -1.13. The van der Waals surface area contributed by atoms with Gasteiger partial charge in [0.15, 0.2) is 0 Å². The number of carbonyl (C=O) groups excluding carboxylic acids is 1. The minimum Gasteiger partial charge on any atom is -0.321 e. The fraction of sp³-hybridized carbons (Fsp3) is 0.267. The summed E-state index contributed by atoms with van der Waals surface area (Å²) in [6.07, 6.45) is 2.12. The summed E-state index contributed by atoms with van der Waals surface area (Å²) in [5.41, 5.74) is 3.14. The molecule has 0 spiro atoms. The first kappa shape index (κ1) is 14.3. The molecular weight excluding hydrogens is 322 g/mol. The maximum atomic E-state index is 12.1. The number of carbonyl (C=O) groups is 1. The molecule has 1 heterocycles. The van der Waals surface area contributed by atoms with E-state index in [-0.39, 0.29) is 5.91 Å². The number of hydrogen-bond acceptors (Lipinski definition) is 2. The third-order valence-electron chi connectivity index (χ3n) is 2.85. The molecule has 1 aromatic carbocycles. The zero-order valence-corrected chi connectivity index (χ0v) is 13.2. The number of amides is 1. The van der Waals surface area contributed by atoms with Crippen molar-refractivity contribution in [3.8, 4) is 0 Å². The first-order valence-corrected chi connectivity index (χ1v) is 8.21. The highest BCUT2D eigenvalue weighted by Gasteiger charge is 2.10. The highest BCUT2D eigenvalue weighted by Crippen LogP contribution is 2.19. The average molecular weight is 338 g/mol. The Morgan fingerprint density at radius 3 is 2.89 bits per heavy atom. The number of hydrogen-bond donors (Lipinski definition) is 1. The molecule has 0 unspecified atom stereocenters. The number of benzene rings is 1. The maximum Gasteiger partial charge on any atom is 0.265 e. The summed E-state index contributed by atoms with van der Waals surface area (Å²) in [6, 6.07) is 10.0. The molecule has 2 nitrogen and oxygen atoms in total. The number of aryl methyl sites for hydroxylation is 2. The van der Waals surface area contributed by atoms with Crippen molar-refractivity contribution in [3.63, 3.8) is 0 Å². The fourth-order valence-corrected chi connectivity index (χ4v) is 2.97. The second kappa shape index (κ2) is 6.87. The van der Waals surface area contributed by atoms with Gasteiger partial charge in [0.25, 0.3) is 5.91 Å². The Balaban J connectivity index is 2.07. The lowest BCUT2D eigenvalue weighted by Crippen LogP contribution is -2.11. The van der Waals surface area contributed by atoms with Crippen LogP contribution in [0.3, 0.4) is 0 Å². The van der Waals surface area contributed by atoms with Gasteiger partial charge in [-0.2, -0.15) is 0 Å². The normalized spacial score (nSPS) is 10.4. The minimum absolute atomic E-state index is 0.0230. The van der Waals surface area contributed by atoms with E-state index in [9.17, 15) is 4.79 Å². The summed E-state index contributed by atoms with van der Waals surface area (Å²) >= 11 is 4.91. The van der Waals surface area contributed by atoms with Crippen molar-refractivity contribution in [2.75, 3.05) is 10.6 Å². The Morgan fingerprint density at radius 2 is 2.21 bits per heavy atom. The standard InChI is InChI=1S/C15H16BrNOS/c1-11-7-9-19-14(11)15(18)17-13-6-2-4-12(10-13)5-3-8-16/h2,4,6-7,9-10H,3,5,8H2,1H3,(H,17,18). The largest absolute Gasteiger partial charge is 0.321 e. The lowest BCUT2D eigenvalue weighted by atomic mass is 10.1. The first-order chi connectivity index (χ1) is 9.20. The molecule has 0 atom stereocenters. The molecule has 100 valence electrons. The van der Waals surface area contributed by atoms with Crippen molar-refractivity contribution in [1.29, 1.82) is 0 Å². The highest BCUT2D eigenvalue weighted by molar-refractivity contribution is 9.09. The van der Waals surface area contributed by atoms with Crippen LogP contribution in [0, 0.1) is 6.92 Å². The molecule has 0 aliphatic carbocycles. The zero-order chi connectivity index (χ0) is 13.7. The number of nitrogens with one attached hydrogen (secondary N) is 1. The smallest absolute Gasteiger partial charge is 0.265 e. The monoisotopic (exact) mass is 337 g/mol. The lowest BCUT2D eigenvalue weighted by Gasteiger charge is -2.07. The molecule has 0 aliphatic rings. The van der Waals surface area contributed by atoms with Gasteiger partial charge in [-0.3, -0.25) is 4.79 Å². The topological polar surface area (TPSA) is 29.1 Å². The second-order valence-electron chi connectivity index (χ2n) is 4.38. The second-order valence-corrected chi connectivity index (χ2v) is 6.09. The predicted octanol–water partition coefficient (Wildman–Crippen LogP) is 4.64. The Morgan fingerprint density at radius 1 is 1.37 bits per heavy atom. The molecule has 2 rings (SSSR count). The molecule has 4 heteroatoms. The van der Waals surface area contributed by atoms with Crippen LogP contribution >= 0.6 is 27.3 Å². The van der Waals surface area contributed by atoms with E-state index in [4.69, 9.17) is 0 Å². The van der Waals surface area contributed by atoms with Crippen LogP contribution in [-0.2, 0) is 6.42 Å². The van der Waals surface area contributed by atoms with E-state index in [1.807, 2.05) is 36.6 Å². The molecule has 1 N–H and O–H groups in total. The van der Waals surface area contributed by atoms with E-state index < -0.39 is 0 Å². The summed E-state index contributed by atoms with van der Waals surface area (Å²) < 4.78 is 0. The van der Waals surface area contributed by atoms with E-state index in [2.05, 4.69) is 27.3 Å². The number of rotatable bonds is 5. The van der Waals surface area contributed by atoms with Crippen molar-refractivity contribution < 1.29 is 4.79 Å².